The van der Waals surface area contributed by atoms with Gasteiger partial charge in [0, 0.05) is 30.3 Å². The number of rotatable bonds is 8. The molecule has 3 rings (SSSR count). The van der Waals surface area contributed by atoms with Gasteiger partial charge in [-0.3, -0.25) is 9.59 Å². The first-order chi connectivity index (χ1) is 13.5. The van der Waals surface area contributed by atoms with E-state index in [4.69, 9.17) is 4.42 Å². The van der Waals surface area contributed by atoms with Crippen LogP contribution in [0.2, 0.25) is 0 Å². The normalized spacial score (nSPS) is 11.8. The number of hydrogen-bond donors (Lipinski definition) is 2. The Balaban J connectivity index is 1.49. The summed E-state index contributed by atoms with van der Waals surface area (Å²) >= 11 is 1.52. The standard InChI is InChI=1S/C21H23N3O3S/c1-14-5-7-16(8-6-14)21-24-17(13-27-21)9-10-22-20(26)12-18(23-15(2)25)19-4-3-11-28-19/h3-8,11,13,18H,9-10,12H2,1-2H3,(H,22,26)(H,23,25). The van der Waals surface area contributed by atoms with E-state index in [-0.39, 0.29) is 24.3 Å². The van der Waals surface area contributed by atoms with E-state index in [1.807, 2.05) is 48.7 Å². The number of nitrogens with one attached hydrogen (secondary N) is 2. The zero-order chi connectivity index (χ0) is 19.9. The monoisotopic (exact) mass is 397 g/mol. The number of carbonyl (C=O) groups is 2. The van der Waals surface area contributed by atoms with Crippen LogP contribution in [0.15, 0.2) is 52.5 Å². The highest BCUT2D eigenvalue weighted by Crippen LogP contribution is 2.22. The van der Waals surface area contributed by atoms with Gasteiger partial charge in [-0.05, 0) is 30.5 Å². The lowest BCUT2D eigenvalue weighted by Gasteiger charge is -2.16. The number of thiophene rings is 1. The minimum atomic E-state index is -0.308. The van der Waals surface area contributed by atoms with Crippen molar-refractivity contribution in [3.8, 4) is 11.5 Å². The molecule has 0 radical (unpaired) electrons. The van der Waals surface area contributed by atoms with Crippen LogP contribution in [0.5, 0.6) is 0 Å². The number of amides is 2. The van der Waals surface area contributed by atoms with E-state index in [0.29, 0.717) is 18.9 Å². The predicted molar refractivity (Wildman–Crippen MR) is 109 cm³/mol. The van der Waals surface area contributed by atoms with Crippen LogP contribution in [0.4, 0.5) is 0 Å². The Morgan fingerprint density at radius 2 is 2.00 bits per heavy atom. The highest BCUT2D eigenvalue weighted by Gasteiger charge is 2.18. The molecule has 0 spiro atoms. The number of benzene rings is 1. The largest absolute Gasteiger partial charge is 0.444 e. The summed E-state index contributed by atoms with van der Waals surface area (Å²) in [5.41, 5.74) is 2.89. The van der Waals surface area contributed by atoms with Crippen LogP contribution in [0.3, 0.4) is 0 Å². The molecule has 0 saturated heterocycles. The van der Waals surface area contributed by atoms with E-state index in [1.165, 1.54) is 23.8 Å². The Kier molecular flexibility index (Phi) is 6.60. The minimum Gasteiger partial charge on any atom is -0.444 e. The van der Waals surface area contributed by atoms with Crippen LogP contribution in [-0.2, 0) is 16.0 Å². The van der Waals surface area contributed by atoms with E-state index in [9.17, 15) is 9.59 Å². The third kappa shape index (κ3) is 5.53. The molecule has 0 aliphatic rings. The van der Waals surface area contributed by atoms with E-state index >= 15 is 0 Å². The summed E-state index contributed by atoms with van der Waals surface area (Å²) in [6.45, 7) is 3.94. The molecule has 1 aromatic carbocycles. The van der Waals surface area contributed by atoms with Crippen molar-refractivity contribution in [3.05, 3.63) is 64.2 Å². The van der Waals surface area contributed by atoms with E-state index in [1.54, 1.807) is 6.26 Å². The Bertz CT molecular complexity index is 917. The van der Waals surface area contributed by atoms with Gasteiger partial charge in [-0.2, -0.15) is 0 Å². The fraction of sp³-hybridized carbons (Fsp3) is 0.286. The van der Waals surface area contributed by atoms with Gasteiger partial charge in [0.1, 0.15) is 6.26 Å². The molecule has 0 fully saturated rings. The van der Waals surface area contributed by atoms with Crippen LogP contribution in [0.25, 0.3) is 11.5 Å². The van der Waals surface area contributed by atoms with E-state index in [0.717, 1.165) is 16.1 Å². The fourth-order valence-electron chi connectivity index (χ4n) is 2.80. The van der Waals surface area contributed by atoms with E-state index < -0.39 is 0 Å². The fourth-order valence-corrected chi connectivity index (χ4v) is 3.57. The number of oxazole rings is 1. The zero-order valence-corrected chi connectivity index (χ0v) is 16.7. The molecule has 0 aliphatic carbocycles. The highest BCUT2D eigenvalue weighted by molar-refractivity contribution is 7.10. The van der Waals surface area contributed by atoms with Crippen LogP contribution in [-0.4, -0.2) is 23.3 Å². The van der Waals surface area contributed by atoms with Crippen molar-refractivity contribution in [2.75, 3.05) is 6.54 Å². The second-order valence-corrected chi connectivity index (χ2v) is 7.56. The molecule has 1 atom stereocenters. The molecular formula is C21H23N3O3S. The van der Waals surface area contributed by atoms with E-state index in [2.05, 4.69) is 15.6 Å². The lowest BCUT2D eigenvalue weighted by Crippen LogP contribution is -2.33. The number of aryl methyl sites for hydroxylation is 1. The van der Waals surface area contributed by atoms with Gasteiger partial charge < -0.3 is 15.1 Å². The molecule has 2 N–H and O–H groups in total. The van der Waals surface area contributed by atoms with Crippen molar-refractivity contribution < 1.29 is 14.0 Å². The van der Waals surface area contributed by atoms with Gasteiger partial charge in [-0.25, -0.2) is 4.98 Å². The molecule has 3 aromatic rings. The Hall–Kier alpha value is -2.93. The molecule has 6 nitrogen and oxygen atoms in total. The minimum absolute atomic E-state index is 0.116. The SMILES string of the molecule is CC(=O)NC(CC(=O)NCCc1coc(-c2ccc(C)cc2)n1)c1cccs1. The van der Waals surface area contributed by atoms with Crippen molar-refractivity contribution in [2.24, 2.45) is 0 Å². The second-order valence-electron chi connectivity index (χ2n) is 6.58. The van der Waals surface area contributed by atoms with Gasteiger partial charge in [0.05, 0.1) is 18.2 Å². The van der Waals surface area contributed by atoms with Gasteiger partial charge >= 0.3 is 0 Å². The first-order valence-corrected chi connectivity index (χ1v) is 9.98. The number of hydrogen-bond acceptors (Lipinski definition) is 5. The molecule has 0 saturated carbocycles. The Morgan fingerprint density at radius 3 is 2.68 bits per heavy atom. The summed E-state index contributed by atoms with van der Waals surface area (Å²) < 4.78 is 5.54. The second kappa shape index (κ2) is 9.32. The molecule has 146 valence electrons. The van der Waals surface area contributed by atoms with Crippen molar-refractivity contribution >= 4 is 23.2 Å². The Labute approximate surface area is 168 Å². The summed E-state index contributed by atoms with van der Waals surface area (Å²) in [5, 5.41) is 7.64. The molecule has 2 aromatic heterocycles. The quantitative estimate of drug-likeness (QED) is 0.608. The third-order valence-electron chi connectivity index (χ3n) is 4.21. The summed E-state index contributed by atoms with van der Waals surface area (Å²) in [6.07, 6.45) is 2.39. The molecule has 0 aliphatic heterocycles. The lowest BCUT2D eigenvalue weighted by molar-refractivity contribution is -0.122. The molecule has 2 heterocycles. The molecule has 0 bridgehead atoms. The van der Waals surface area contributed by atoms with Crippen molar-refractivity contribution in [2.45, 2.75) is 32.7 Å². The summed E-state index contributed by atoms with van der Waals surface area (Å²) in [4.78, 5) is 29.1. The van der Waals surface area contributed by atoms with Gasteiger partial charge in [-0.15, -0.1) is 11.3 Å². The molecule has 28 heavy (non-hydrogen) atoms. The first-order valence-electron chi connectivity index (χ1n) is 9.10. The first kappa shape index (κ1) is 19.8. The summed E-state index contributed by atoms with van der Waals surface area (Å²) in [7, 11) is 0. The van der Waals surface area contributed by atoms with Gasteiger partial charge in [0.15, 0.2) is 0 Å². The predicted octanol–water partition coefficient (Wildman–Crippen LogP) is 3.64. The van der Waals surface area contributed by atoms with Crippen molar-refractivity contribution in [1.29, 1.82) is 0 Å². The molecule has 7 heteroatoms. The van der Waals surface area contributed by atoms with Crippen LogP contribution in [0, 0.1) is 6.92 Å². The van der Waals surface area contributed by atoms with Crippen molar-refractivity contribution in [1.82, 2.24) is 15.6 Å². The summed E-state index contributed by atoms with van der Waals surface area (Å²) in [6, 6.07) is 11.5. The highest BCUT2D eigenvalue weighted by atomic mass is 32.1. The zero-order valence-electron chi connectivity index (χ0n) is 15.9. The maximum Gasteiger partial charge on any atom is 0.226 e. The molecule has 2 amide bonds. The smallest absolute Gasteiger partial charge is 0.226 e. The lowest BCUT2D eigenvalue weighted by atomic mass is 10.1. The summed E-state index contributed by atoms with van der Waals surface area (Å²) in [5.74, 6) is 0.302. The topological polar surface area (TPSA) is 84.2 Å². The molecular weight excluding hydrogens is 374 g/mol. The molecule has 1 unspecified atom stereocenters. The maximum atomic E-state index is 12.3. The van der Waals surface area contributed by atoms with Crippen molar-refractivity contribution in [3.63, 3.8) is 0 Å². The average molecular weight is 398 g/mol. The van der Waals surface area contributed by atoms with Crippen LogP contribution >= 0.6 is 11.3 Å². The number of carbonyl (C=O) groups excluding carboxylic acids is 2. The Morgan fingerprint density at radius 1 is 1.21 bits per heavy atom. The van der Waals surface area contributed by atoms with Crippen LogP contribution < -0.4 is 10.6 Å². The van der Waals surface area contributed by atoms with Gasteiger partial charge in [0.25, 0.3) is 0 Å². The number of aromatic nitrogens is 1. The number of nitrogens with zero attached hydrogens (tertiary/aromatic N) is 1. The van der Waals surface area contributed by atoms with Gasteiger partial charge in [-0.1, -0.05) is 23.8 Å². The third-order valence-corrected chi connectivity index (χ3v) is 5.19. The average Bonchev–Trinajstić information content (AvgIpc) is 3.33. The van der Waals surface area contributed by atoms with Crippen LogP contribution in [0.1, 0.15) is 35.5 Å². The van der Waals surface area contributed by atoms with Gasteiger partial charge in [0.2, 0.25) is 17.7 Å². The maximum absolute atomic E-state index is 12.3.